The molecule has 22 heavy (non-hydrogen) atoms. The average molecular weight is 296 g/mol. The lowest BCUT2D eigenvalue weighted by Gasteiger charge is -2.23. The highest BCUT2D eigenvalue weighted by Gasteiger charge is 2.21. The molecule has 1 aromatic rings. The fraction of sp³-hybridized carbons (Fsp3) is 0.278. The van der Waals surface area contributed by atoms with E-state index < -0.39 is 0 Å². The van der Waals surface area contributed by atoms with E-state index in [1.54, 1.807) is 7.11 Å². The number of amides is 1. The van der Waals surface area contributed by atoms with E-state index in [0.29, 0.717) is 5.56 Å². The highest BCUT2D eigenvalue weighted by atomic mass is 16.5. The van der Waals surface area contributed by atoms with E-state index in [2.05, 4.69) is 17.6 Å². The second-order valence-corrected chi connectivity index (χ2v) is 5.49. The number of hydrogen-bond acceptors (Lipinski definition) is 3. The van der Waals surface area contributed by atoms with Gasteiger partial charge in [0.2, 0.25) is 0 Å². The van der Waals surface area contributed by atoms with Crippen LogP contribution in [0.15, 0.2) is 47.8 Å². The van der Waals surface area contributed by atoms with E-state index in [4.69, 9.17) is 10.6 Å². The number of carbonyl (C=O) groups is 1. The standard InChI is InChI=1S/C18H20N2O2/c1-22-17-8-3-2-6-15(17)14-7-4-5-12-9-10-13(11-16(12)14)18(21)20-19/h3,7-11H,2,4-6,19H2,1H3,(H,20,21). The molecule has 3 N–H and O–H groups in total. The summed E-state index contributed by atoms with van der Waals surface area (Å²) in [5.74, 6) is 5.90. The van der Waals surface area contributed by atoms with Crippen molar-refractivity contribution >= 4 is 11.5 Å². The van der Waals surface area contributed by atoms with Crippen molar-refractivity contribution in [1.29, 1.82) is 0 Å². The van der Waals surface area contributed by atoms with Gasteiger partial charge in [-0.1, -0.05) is 18.2 Å². The first-order valence-electron chi connectivity index (χ1n) is 7.53. The molecule has 0 heterocycles. The Balaban J connectivity index is 2.09. The van der Waals surface area contributed by atoms with Crippen LogP contribution in [0.25, 0.3) is 5.57 Å². The van der Waals surface area contributed by atoms with Crippen molar-refractivity contribution in [3.8, 4) is 0 Å². The summed E-state index contributed by atoms with van der Waals surface area (Å²) >= 11 is 0. The number of ether oxygens (including phenoxy) is 1. The number of hydrogen-bond donors (Lipinski definition) is 2. The van der Waals surface area contributed by atoms with E-state index in [1.165, 1.54) is 16.7 Å². The Labute approximate surface area is 130 Å². The van der Waals surface area contributed by atoms with E-state index in [0.717, 1.165) is 37.0 Å². The average Bonchev–Trinajstić information content (AvgIpc) is 2.60. The third-order valence-electron chi connectivity index (χ3n) is 4.23. The van der Waals surface area contributed by atoms with Gasteiger partial charge in [0, 0.05) is 11.1 Å². The minimum atomic E-state index is -0.266. The Kier molecular flexibility index (Phi) is 4.11. The molecular formula is C18H20N2O2. The van der Waals surface area contributed by atoms with Gasteiger partial charge in [-0.3, -0.25) is 10.2 Å². The van der Waals surface area contributed by atoms with E-state index >= 15 is 0 Å². The quantitative estimate of drug-likeness (QED) is 0.512. The number of nitrogens with two attached hydrogens (primary N) is 1. The summed E-state index contributed by atoms with van der Waals surface area (Å²) in [6.45, 7) is 0. The number of nitrogens with one attached hydrogen (secondary N) is 1. The van der Waals surface area contributed by atoms with Gasteiger partial charge in [0.05, 0.1) is 7.11 Å². The van der Waals surface area contributed by atoms with E-state index in [9.17, 15) is 4.79 Å². The van der Waals surface area contributed by atoms with Crippen LogP contribution in [0.5, 0.6) is 0 Å². The molecule has 4 nitrogen and oxygen atoms in total. The summed E-state index contributed by atoms with van der Waals surface area (Å²) in [7, 11) is 1.70. The van der Waals surface area contributed by atoms with Crippen molar-refractivity contribution in [3.63, 3.8) is 0 Å². The zero-order chi connectivity index (χ0) is 15.5. The molecule has 0 unspecified atom stereocenters. The predicted molar refractivity (Wildman–Crippen MR) is 86.8 cm³/mol. The van der Waals surface area contributed by atoms with Crippen molar-refractivity contribution < 1.29 is 9.53 Å². The van der Waals surface area contributed by atoms with Gasteiger partial charge in [-0.25, -0.2) is 5.84 Å². The second-order valence-electron chi connectivity index (χ2n) is 5.49. The lowest BCUT2D eigenvalue weighted by atomic mass is 9.83. The zero-order valence-electron chi connectivity index (χ0n) is 12.7. The molecule has 1 amide bonds. The molecule has 0 bridgehead atoms. The first-order valence-corrected chi connectivity index (χ1v) is 7.53. The summed E-state index contributed by atoms with van der Waals surface area (Å²) < 4.78 is 5.52. The van der Waals surface area contributed by atoms with Gasteiger partial charge < -0.3 is 4.74 Å². The van der Waals surface area contributed by atoms with Gasteiger partial charge in [0.1, 0.15) is 5.76 Å². The number of fused-ring (bicyclic) bond motifs is 1. The smallest absolute Gasteiger partial charge is 0.265 e. The molecule has 4 heteroatoms. The van der Waals surface area contributed by atoms with Crippen LogP contribution in [0.3, 0.4) is 0 Å². The van der Waals surface area contributed by atoms with Crippen LogP contribution in [0.4, 0.5) is 0 Å². The normalized spacial score (nSPS) is 16.9. The molecule has 1 aromatic carbocycles. The molecule has 0 spiro atoms. The molecule has 0 aromatic heterocycles. The van der Waals surface area contributed by atoms with Crippen molar-refractivity contribution in [3.05, 3.63) is 64.4 Å². The zero-order valence-corrected chi connectivity index (χ0v) is 12.7. The largest absolute Gasteiger partial charge is 0.496 e. The van der Waals surface area contributed by atoms with Crippen LogP contribution in [-0.2, 0) is 11.2 Å². The molecule has 0 saturated carbocycles. The first kappa shape index (κ1) is 14.6. The highest BCUT2D eigenvalue weighted by molar-refractivity contribution is 5.96. The van der Waals surface area contributed by atoms with Gasteiger partial charge in [-0.05, 0) is 60.6 Å². The molecule has 2 aliphatic rings. The Morgan fingerprint density at radius 2 is 2.14 bits per heavy atom. The lowest BCUT2D eigenvalue weighted by Crippen LogP contribution is -2.30. The fourth-order valence-corrected chi connectivity index (χ4v) is 3.14. The van der Waals surface area contributed by atoms with Crippen LogP contribution in [0, 0.1) is 0 Å². The molecule has 0 saturated heterocycles. The Hall–Kier alpha value is -2.33. The number of benzene rings is 1. The van der Waals surface area contributed by atoms with Crippen LogP contribution >= 0.6 is 0 Å². The maximum absolute atomic E-state index is 11.8. The van der Waals surface area contributed by atoms with Gasteiger partial charge in [0.25, 0.3) is 5.91 Å². The minimum absolute atomic E-state index is 0.266. The van der Waals surface area contributed by atoms with Crippen molar-refractivity contribution in [1.82, 2.24) is 5.43 Å². The van der Waals surface area contributed by atoms with Crippen molar-refractivity contribution in [2.75, 3.05) is 7.11 Å². The summed E-state index contributed by atoms with van der Waals surface area (Å²) in [6.07, 6.45) is 10.4. The van der Waals surface area contributed by atoms with Gasteiger partial charge >= 0.3 is 0 Å². The molecule has 3 rings (SSSR count). The van der Waals surface area contributed by atoms with Crippen LogP contribution < -0.4 is 11.3 Å². The minimum Gasteiger partial charge on any atom is -0.496 e. The Bertz CT molecular complexity index is 699. The molecular weight excluding hydrogens is 276 g/mol. The van der Waals surface area contributed by atoms with Crippen LogP contribution in [-0.4, -0.2) is 13.0 Å². The van der Waals surface area contributed by atoms with E-state index in [-0.39, 0.29) is 5.91 Å². The fourth-order valence-electron chi connectivity index (χ4n) is 3.14. The second kappa shape index (κ2) is 6.20. The van der Waals surface area contributed by atoms with Crippen molar-refractivity contribution in [2.45, 2.75) is 25.7 Å². The van der Waals surface area contributed by atoms with Crippen molar-refractivity contribution in [2.24, 2.45) is 5.84 Å². The molecule has 0 fully saturated rings. The maximum atomic E-state index is 11.8. The summed E-state index contributed by atoms with van der Waals surface area (Å²) in [5, 5.41) is 0. The molecule has 0 atom stereocenters. The molecule has 114 valence electrons. The highest BCUT2D eigenvalue weighted by Crippen LogP contribution is 2.37. The van der Waals surface area contributed by atoms with E-state index in [1.807, 2.05) is 24.3 Å². The molecule has 0 aliphatic heterocycles. The SMILES string of the molecule is COC1=C(C2=CCCc3ccc(C(=O)NN)cc32)CCC=C1. The lowest BCUT2D eigenvalue weighted by molar-refractivity contribution is 0.0953. The van der Waals surface area contributed by atoms with Gasteiger partial charge in [-0.15, -0.1) is 0 Å². The number of allylic oxidation sites excluding steroid dienone is 5. The first-order chi connectivity index (χ1) is 10.7. The summed E-state index contributed by atoms with van der Waals surface area (Å²) in [5.41, 5.74) is 7.57. The third-order valence-corrected chi connectivity index (χ3v) is 4.23. The third kappa shape index (κ3) is 2.57. The van der Waals surface area contributed by atoms with Gasteiger partial charge in [-0.2, -0.15) is 0 Å². The number of aryl methyl sites for hydroxylation is 1. The Morgan fingerprint density at radius 1 is 1.27 bits per heavy atom. The maximum Gasteiger partial charge on any atom is 0.265 e. The number of nitrogen functional groups attached to an aromatic ring is 1. The Morgan fingerprint density at radius 3 is 2.91 bits per heavy atom. The summed E-state index contributed by atoms with van der Waals surface area (Å²) in [6, 6.07) is 5.79. The number of hydrazine groups is 1. The summed E-state index contributed by atoms with van der Waals surface area (Å²) in [4.78, 5) is 11.8. The molecule has 0 radical (unpaired) electrons. The van der Waals surface area contributed by atoms with Gasteiger partial charge in [0.15, 0.2) is 0 Å². The number of carbonyl (C=O) groups excluding carboxylic acids is 1. The van der Waals surface area contributed by atoms with Crippen LogP contribution in [0.2, 0.25) is 0 Å². The van der Waals surface area contributed by atoms with Crippen LogP contribution in [0.1, 0.15) is 40.7 Å². The topological polar surface area (TPSA) is 64.3 Å². The number of methoxy groups -OCH3 is 1. The predicted octanol–water partition coefficient (Wildman–Crippen LogP) is 2.87. The number of rotatable bonds is 3. The molecule has 2 aliphatic carbocycles. The monoisotopic (exact) mass is 296 g/mol.